The van der Waals surface area contributed by atoms with Crippen LogP contribution >= 0.6 is 0 Å². The first kappa shape index (κ1) is 12.4. The molecule has 0 N–H and O–H groups in total. The van der Waals surface area contributed by atoms with Crippen molar-refractivity contribution in [1.29, 1.82) is 0 Å². The summed E-state index contributed by atoms with van der Waals surface area (Å²) >= 11 is 0. The summed E-state index contributed by atoms with van der Waals surface area (Å²) in [5, 5.41) is 7.26. The Morgan fingerprint density at radius 3 is 2.25 bits per heavy atom. The van der Waals surface area contributed by atoms with Gasteiger partial charge in [0.15, 0.2) is 0 Å². The number of hydrogen-bond donors (Lipinski definition) is 0. The average Bonchev–Trinajstić information content (AvgIpc) is 2.14. The molecule has 4 heteroatoms. The monoisotopic (exact) mass is 220 g/mol. The number of azo groups is 1. The van der Waals surface area contributed by atoms with Gasteiger partial charge in [-0.1, -0.05) is 22.8 Å². The van der Waals surface area contributed by atoms with Crippen LogP contribution in [-0.4, -0.2) is 11.7 Å². The molecule has 0 saturated heterocycles. The first-order valence-corrected chi connectivity index (χ1v) is 5.08. The maximum absolute atomic E-state index is 11.2. The SMILES string of the molecule is Cc1ccc(N=NC(=O)OC(C)(C)C)cc1. The van der Waals surface area contributed by atoms with Gasteiger partial charge in [-0.15, -0.1) is 5.11 Å². The van der Waals surface area contributed by atoms with Gasteiger partial charge in [-0.3, -0.25) is 0 Å². The van der Waals surface area contributed by atoms with Gasteiger partial charge in [0, 0.05) is 0 Å². The summed E-state index contributed by atoms with van der Waals surface area (Å²) in [6.07, 6.45) is -0.673. The van der Waals surface area contributed by atoms with Crippen molar-refractivity contribution in [3.63, 3.8) is 0 Å². The van der Waals surface area contributed by atoms with Gasteiger partial charge in [0.2, 0.25) is 0 Å². The fourth-order valence-corrected chi connectivity index (χ4v) is 0.992. The van der Waals surface area contributed by atoms with E-state index < -0.39 is 11.7 Å². The molecular formula is C12H16N2O2. The fraction of sp³-hybridized carbons (Fsp3) is 0.417. The van der Waals surface area contributed by atoms with Gasteiger partial charge in [-0.2, -0.15) is 0 Å². The van der Waals surface area contributed by atoms with Crippen molar-refractivity contribution in [2.45, 2.75) is 33.3 Å². The lowest BCUT2D eigenvalue weighted by atomic mass is 10.2. The molecule has 1 aromatic carbocycles. The number of nitrogens with zero attached hydrogens (tertiary/aromatic N) is 2. The lowest BCUT2D eigenvalue weighted by Gasteiger charge is -2.16. The molecule has 0 bridgehead atoms. The van der Waals surface area contributed by atoms with E-state index in [9.17, 15) is 4.79 Å². The summed E-state index contributed by atoms with van der Waals surface area (Å²) in [4.78, 5) is 11.2. The molecule has 1 aromatic rings. The predicted molar refractivity (Wildman–Crippen MR) is 61.9 cm³/mol. The molecule has 0 aliphatic carbocycles. The zero-order chi connectivity index (χ0) is 12.2. The number of rotatable bonds is 1. The van der Waals surface area contributed by atoms with Crippen molar-refractivity contribution >= 4 is 11.8 Å². The molecule has 0 unspecified atom stereocenters. The predicted octanol–water partition coefficient (Wildman–Crippen LogP) is 4.01. The number of hydrogen-bond acceptors (Lipinski definition) is 3. The minimum atomic E-state index is -0.673. The van der Waals surface area contributed by atoms with Crippen molar-refractivity contribution in [1.82, 2.24) is 0 Å². The number of ether oxygens (including phenoxy) is 1. The minimum absolute atomic E-state index is 0.538. The molecule has 0 aliphatic heterocycles. The topological polar surface area (TPSA) is 51.0 Å². The zero-order valence-electron chi connectivity index (χ0n) is 10.0. The zero-order valence-corrected chi connectivity index (χ0v) is 10.0. The van der Waals surface area contributed by atoms with E-state index >= 15 is 0 Å². The second kappa shape index (κ2) is 4.88. The molecule has 0 aromatic heterocycles. The second-order valence-corrected chi connectivity index (χ2v) is 4.52. The highest BCUT2D eigenvalue weighted by Gasteiger charge is 2.15. The highest BCUT2D eigenvalue weighted by atomic mass is 16.6. The Labute approximate surface area is 95.3 Å². The summed E-state index contributed by atoms with van der Waals surface area (Å²) in [6, 6.07) is 7.40. The summed E-state index contributed by atoms with van der Waals surface area (Å²) in [5.74, 6) is 0. The van der Waals surface area contributed by atoms with Crippen molar-refractivity contribution in [3.8, 4) is 0 Å². The Balaban J connectivity index is 2.60. The quantitative estimate of drug-likeness (QED) is 0.671. The molecule has 1 amide bonds. The molecule has 0 heterocycles. The van der Waals surface area contributed by atoms with Crippen LogP contribution < -0.4 is 0 Å². The molecule has 0 atom stereocenters. The van der Waals surface area contributed by atoms with Gasteiger partial charge in [-0.05, 0) is 39.8 Å². The third-order valence-electron chi connectivity index (χ3n) is 1.67. The van der Waals surface area contributed by atoms with E-state index in [4.69, 9.17) is 4.74 Å². The van der Waals surface area contributed by atoms with Crippen molar-refractivity contribution in [3.05, 3.63) is 29.8 Å². The molecule has 0 saturated carbocycles. The van der Waals surface area contributed by atoms with Crippen LogP contribution in [0.25, 0.3) is 0 Å². The van der Waals surface area contributed by atoms with Crippen molar-refractivity contribution in [2.75, 3.05) is 0 Å². The number of carbonyl (C=O) groups is 1. The summed E-state index contributed by atoms with van der Waals surface area (Å²) in [7, 11) is 0. The molecule has 0 aliphatic rings. The van der Waals surface area contributed by atoms with Gasteiger partial charge in [0.05, 0.1) is 5.69 Å². The normalized spacial score (nSPS) is 11.8. The van der Waals surface area contributed by atoms with E-state index in [1.54, 1.807) is 32.9 Å². The Morgan fingerprint density at radius 1 is 1.19 bits per heavy atom. The van der Waals surface area contributed by atoms with Gasteiger partial charge in [0.1, 0.15) is 5.60 Å². The van der Waals surface area contributed by atoms with Crippen LogP contribution in [0.15, 0.2) is 34.5 Å². The molecule has 0 spiro atoms. The van der Waals surface area contributed by atoms with Crippen LogP contribution in [0.3, 0.4) is 0 Å². The van der Waals surface area contributed by atoms with E-state index in [2.05, 4.69) is 10.2 Å². The fourth-order valence-electron chi connectivity index (χ4n) is 0.992. The Bertz CT molecular complexity index is 388. The maximum Gasteiger partial charge on any atom is 0.452 e. The van der Waals surface area contributed by atoms with Crippen LogP contribution in [0.5, 0.6) is 0 Å². The van der Waals surface area contributed by atoms with E-state index in [1.807, 2.05) is 19.1 Å². The van der Waals surface area contributed by atoms with Gasteiger partial charge < -0.3 is 4.74 Å². The third kappa shape index (κ3) is 4.68. The number of amides is 1. The van der Waals surface area contributed by atoms with E-state index in [0.29, 0.717) is 5.69 Å². The smallest absolute Gasteiger partial charge is 0.441 e. The Morgan fingerprint density at radius 2 is 1.75 bits per heavy atom. The third-order valence-corrected chi connectivity index (χ3v) is 1.67. The highest BCUT2D eigenvalue weighted by molar-refractivity contribution is 5.68. The number of carbonyl (C=O) groups excluding carboxylic acids is 1. The Hall–Kier alpha value is -1.71. The first-order valence-electron chi connectivity index (χ1n) is 5.08. The van der Waals surface area contributed by atoms with Gasteiger partial charge in [-0.25, -0.2) is 4.79 Å². The minimum Gasteiger partial charge on any atom is -0.441 e. The van der Waals surface area contributed by atoms with E-state index in [0.717, 1.165) is 5.56 Å². The van der Waals surface area contributed by atoms with E-state index in [-0.39, 0.29) is 0 Å². The molecule has 86 valence electrons. The average molecular weight is 220 g/mol. The maximum atomic E-state index is 11.2. The highest BCUT2D eigenvalue weighted by Crippen LogP contribution is 2.14. The summed E-state index contributed by atoms with van der Waals surface area (Å²) in [6.45, 7) is 7.33. The van der Waals surface area contributed by atoms with Crippen LogP contribution in [0.1, 0.15) is 26.3 Å². The van der Waals surface area contributed by atoms with Gasteiger partial charge in [0.25, 0.3) is 0 Å². The summed E-state index contributed by atoms with van der Waals surface area (Å²) < 4.78 is 4.98. The molecular weight excluding hydrogens is 204 g/mol. The lowest BCUT2D eigenvalue weighted by molar-refractivity contribution is 0.0592. The van der Waals surface area contributed by atoms with Crippen molar-refractivity contribution in [2.24, 2.45) is 10.2 Å². The second-order valence-electron chi connectivity index (χ2n) is 4.52. The molecule has 0 radical (unpaired) electrons. The van der Waals surface area contributed by atoms with Crippen LogP contribution in [0.2, 0.25) is 0 Å². The molecule has 0 fully saturated rings. The summed E-state index contributed by atoms with van der Waals surface area (Å²) in [5.41, 5.74) is 1.23. The van der Waals surface area contributed by atoms with E-state index in [1.165, 1.54) is 0 Å². The van der Waals surface area contributed by atoms with Crippen LogP contribution in [0, 0.1) is 6.92 Å². The standard InChI is InChI=1S/C12H16N2O2/c1-9-5-7-10(8-6-9)13-14-11(15)16-12(2,3)4/h5-8H,1-4H3. The van der Waals surface area contributed by atoms with Crippen LogP contribution in [0.4, 0.5) is 10.5 Å². The number of aryl methyl sites for hydroxylation is 1. The Kier molecular flexibility index (Phi) is 3.77. The molecule has 16 heavy (non-hydrogen) atoms. The van der Waals surface area contributed by atoms with Gasteiger partial charge >= 0.3 is 6.09 Å². The number of benzene rings is 1. The van der Waals surface area contributed by atoms with Crippen LogP contribution in [-0.2, 0) is 4.74 Å². The first-order chi connectivity index (χ1) is 7.37. The molecule has 1 rings (SSSR count). The largest absolute Gasteiger partial charge is 0.452 e. The van der Waals surface area contributed by atoms with Crippen molar-refractivity contribution < 1.29 is 9.53 Å². The lowest BCUT2D eigenvalue weighted by Crippen LogP contribution is -2.21. The molecule has 4 nitrogen and oxygen atoms in total.